The topological polar surface area (TPSA) is 79.3 Å². The lowest BCUT2D eigenvalue weighted by Gasteiger charge is -2.09. The second kappa shape index (κ2) is 7.29. The minimum absolute atomic E-state index is 0.419. The van der Waals surface area contributed by atoms with Gasteiger partial charge >= 0.3 is 5.97 Å². The Morgan fingerprint density at radius 2 is 2.53 bits per heavy atom. The van der Waals surface area contributed by atoms with Gasteiger partial charge in [0.2, 0.25) is 6.41 Å². The molecule has 0 aliphatic carbocycles. The van der Waals surface area contributed by atoms with E-state index >= 15 is 0 Å². The van der Waals surface area contributed by atoms with Gasteiger partial charge in [0.05, 0.1) is 10.7 Å². The summed E-state index contributed by atoms with van der Waals surface area (Å²) in [5.41, 5.74) is 1.02. The summed E-state index contributed by atoms with van der Waals surface area (Å²) in [5.74, 6) is 0.453. The zero-order valence-corrected chi connectivity index (χ0v) is 11.0. The summed E-state index contributed by atoms with van der Waals surface area (Å²) >= 11 is 3.22. The van der Waals surface area contributed by atoms with E-state index < -0.39 is 12.0 Å². The Morgan fingerprint density at radius 3 is 3.06 bits per heavy atom. The molecule has 7 heteroatoms. The second-order valence-electron chi connectivity index (χ2n) is 3.37. The van der Waals surface area contributed by atoms with Crippen LogP contribution in [-0.4, -0.2) is 34.3 Å². The first-order chi connectivity index (χ1) is 8.13. The Bertz CT molecular complexity index is 381. The zero-order valence-electron chi connectivity index (χ0n) is 9.38. The third-order valence-corrected chi connectivity index (χ3v) is 3.88. The molecule has 5 nitrogen and oxygen atoms in total. The lowest BCUT2D eigenvalue weighted by molar-refractivity contribution is -0.140. The van der Waals surface area contributed by atoms with Crippen molar-refractivity contribution in [3.8, 4) is 0 Å². The maximum absolute atomic E-state index is 10.7. The van der Waals surface area contributed by atoms with Gasteiger partial charge in [0.25, 0.3) is 0 Å². The number of nitrogens with zero attached hydrogens (tertiary/aromatic N) is 1. The van der Waals surface area contributed by atoms with Crippen LogP contribution in [-0.2, 0) is 15.3 Å². The van der Waals surface area contributed by atoms with Gasteiger partial charge in [-0.3, -0.25) is 4.79 Å². The number of aromatic nitrogens is 1. The molecule has 0 aliphatic rings. The Kier molecular flexibility index (Phi) is 5.99. The molecule has 1 amide bonds. The first-order valence-electron chi connectivity index (χ1n) is 5.04. The number of thiazole rings is 1. The summed E-state index contributed by atoms with van der Waals surface area (Å²) < 4.78 is 0. The summed E-state index contributed by atoms with van der Waals surface area (Å²) in [6, 6.07) is -0.794. The van der Waals surface area contributed by atoms with Crippen molar-refractivity contribution in [2.45, 2.75) is 25.1 Å². The predicted molar refractivity (Wildman–Crippen MR) is 68.3 cm³/mol. The quantitative estimate of drug-likeness (QED) is 0.551. The maximum atomic E-state index is 10.7. The fourth-order valence-electron chi connectivity index (χ4n) is 1.21. The summed E-state index contributed by atoms with van der Waals surface area (Å²) in [4.78, 5) is 25.2. The first-order valence-corrected chi connectivity index (χ1v) is 7.08. The minimum Gasteiger partial charge on any atom is -0.480 e. The molecule has 0 saturated heterocycles. The highest BCUT2D eigenvalue weighted by Gasteiger charge is 2.15. The standard InChI is InChI=1S/C10H14N2O3S2/c1-7-12-8(5-17-7)4-16-3-2-9(10(14)15)11-6-13/h5-6,9H,2-4H2,1H3,(H,11,13)(H,14,15). The lowest BCUT2D eigenvalue weighted by atomic mass is 10.2. The molecule has 1 unspecified atom stereocenters. The SMILES string of the molecule is Cc1nc(CSCCC(NC=O)C(=O)O)cs1. The number of carboxylic acids is 1. The van der Waals surface area contributed by atoms with E-state index in [0.717, 1.165) is 16.5 Å². The Morgan fingerprint density at radius 1 is 1.76 bits per heavy atom. The smallest absolute Gasteiger partial charge is 0.326 e. The van der Waals surface area contributed by atoms with Crippen molar-refractivity contribution in [1.82, 2.24) is 10.3 Å². The molecular formula is C10H14N2O3S2. The predicted octanol–water partition coefficient (Wildman–Crippen LogP) is 1.27. The van der Waals surface area contributed by atoms with Crippen LogP contribution in [0.4, 0.5) is 0 Å². The van der Waals surface area contributed by atoms with E-state index in [2.05, 4.69) is 10.3 Å². The Hall–Kier alpha value is -1.08. The monoisotopic (exact) mass is 274 g/mol. The molecule has 1 heterocycles. The number of hydrogen-bond donors (Lipinski definition) is 2. The van der Waals surface area contributed by atoms with Crippen molar-refractivity contribution in [3.63, 3.8) is 0 Å². The second-order valence-corrected chi connectivity index (χ2v) is 5.54. The van der Waals surface area contributed by atoms with Crippen molar-refractivity contribution in [3.05, 3.63) is 16.1 Å². The van der Waals surface area contributed by atoms with Crippen LogP contribution in [0, 0.1) is 6.92 Å². The number of aliphatic carboxylic acids is 1. The Balaban J connectivity index is 2.22. The van der Waals surface area contributed by atoms with Crippen molar-refractivity contribution >= 4 is 35.5 Å². The van der Waals surface area contributed by atoms with Gasteiger partial charge in [-0.25, -0.2) is 9.78 Å². The summed E-state index contributed by atoms with van der Waals surface area (Å²) in [7, 11) is 0. The van der Waals surface area contributed by atoms with Gasteiger partial charge in [-0.2, -0.15) is 11.8 Å². The van der Waals surface area contributed by atoms with E-state index in [0.29, 0.717) is 18.6 Å². The van der Waals surface area contributed by atoms with E-state index in [1.807, 2.05) is 12.3 Å². The molecular weight excluding hydrogens is 260 g/mol. The molecule has 0 bridgehead atoms. The van der Waals surface area contributed by atoms with Crippen LogP contribution >= 0.6 is 23.1 Å². The number of rotatable bonds is 8. The van der Waals surface area contributed by atoms with E-state index in [1.54, 1.807) is 23.1 Å². The normalized spacial score (nSPS) is 12.1. The molecule has 1 rings (SSSR count). The van der Waals surface area contributed by atoms with Gasteiger partial charge in [-0.15, -0.1) is 11.3 Å². The molecule has 0 aliphatic heterocycles. The van der Waals surface area contributed by atoms with Crippen LogP contribution in [0.15, 0.2) is 5.38 Å². The third-order valence-electron chi connectivity index (χ3n) is 2.03. The fourth-order valence-corrected chi connectivity index (χ4v) is 2.83. The third kappa shape index (κ3) is 5.18. The van der Waals surface area contributed by atoms with Crippen molar-refractivity contribution in [2.24, 2.45) is 0 Å². The average molecular weight is 274 g/mol. The molecule has 0 saturated carbocycles. The largest absolute Gasteiger partial charge is 0.480 e. The van der Waals surface area contributed by atoms with E-state index in [1.165, 1.54) is 0 Å². The molecule has 0 radical (unpaired) electrons. The summed E-state index contributed by atoms with van der Waals surface area (Å²) in [5, 5.41) is 14.1. The van der Waals surface area contributed by atoms with Crippen LogP contribution in [0.25, 0.3) is 0 Å². The average Bonchev–Trinajstić information content (AvgIpc) is 2.68. The molecule has 1 atom stereocenters. The number of carboxylic acid groups (broad SMARTS) is 1. The fraction of sp³-hybridized carbons (Fsp3) is 0.500. The number of amides is 1. The molecule has 0 aromatic carbocycles. The number of nitrogens with one attached hydrogen (secondary N) is 1. The molecule has 94 valence electrons. The number of thioether (sulfide) groups is 1. The number of hydrogen-bond acceptors (Lipinski definition) is 5. The molecule has 17 heavy (non-hydrogen) atoms. The minimum atomic E-state index is -0.998. The first kappa shape index (κ1) is 14.0. The van der Waals surface area contributed by atoms with Crippen LogP contribution in [0.3, 0.4) is 0 Å². The maximum Gasteiger partial charge on any atom is 0.326 e. The number of carbonyl (C=O) groups excluding carboxylic acids is 1. The Labute approximate surface area is 108 Å². The van der Waals surface area contributed by atoms with Gasteiger partial charge < -0.3 is 10.4 Å². The van der Waals surface area contributed by atoms with Gasteiger partial charge in [0, 0.05) is 11.1 Å². The van der Waals surface area contributed by atoms with Crippen LogP contribution in [0.1, 0.15) is 17.1 Å². The zero-order chi connectivity index (χ0) is 12.7. The molecule has 2 N–H and O–H groups in total. The summed E-state index contributed by atoms with van der Waals surface area (Å²) in [6.45, 7) is 1.95. The highest BCUT2D eigenvalue weighted by molar-refractivity contribution is 7.98. The van der Waals surface area contributed by atoms with Gasteiger partial charge in [0.15, 0.2) is 0 Å². The van der Waals surface area contributed by atoms with Gasteiger partial charge in [-0.1, -0.05) is 0 Å². The van der Waals surface area contributed by atoms with Gasteiger partial charge in [0.1, 0.15) is 6.04 Å². The van der Waals surface area contributed by atoms with E-state index in [4.69, 9.17) is 5.11 Å². The van der Waals surface area contributed by atoms with E-state index in [9.17, 15) is 9.59 Å². The molecule has 0 spiro atoms. The van der Waals surface area contributed by atoms with Crippen molar-refractivity contribution in [2.75, 3.05) is 5.75 Å². The summed E-state index contributed by atoms with van der Waals surface area (Å²) in [6.07, 6.45) is 0.842. The highest BCUT2D eigenvalue weighted by Crippen LogP contribution is 2.16. The van der Waals surface area contributed by atoms with Crippen LogP contribution < -0.4 is 5.32 Å². The molecule has 0 fully saturated rings. The van der Waals surface area contributed by atoms with Crippen LogP contribution in [0.2, 0.25) is 0 Å². The van der Waals surface area contributed by atoms with Gasteiger partial charge in [-0.05, 0) is 19.1 Å². The lowest BCUT2D eigenvalue weighted by Crippen LogP contribution is -2.36. The number of carbonyl (C=O) groups is 2. The van der Waals surface area contributed by atoms with Crippen molar-refractivity contribution < 1.29 is 14.7 Å². The van der Waals surface area contributed by atoms with Crippen molar-refractivity contribution in [1.29, 1.82) is 0 Å². The van der Waals surface area contributed by atoms with E-state index in [-0.39, 0.29) is 0 Å². The number of aryl methyl sites for hydroxylation is 1. The van der Waals surface area contributed by atoms with Crippen LogP contribution in [0.5, 0.6) is 0 Å². The molecule has 1 aromatic rings. The molecule has 1 aromatic heterocycles. The highest BCUT2D eigenvalue weighted by atomic mass is 32.2.